The average Bonchev–Trinajstić information content (AvgIpc) is 2.99. The Morgan fingerprint density at radius 1 is 1.11 bits per heavy atom. The van der Waals surface area contributed by atoms with Crippen LogP contribution in [0.2, 0.25) is 0 Å². The summed E-state index contributed by atoms with van der Waals surface area (Å²) >= 11 is 0. The summed E-state index contributed by atoms with van der Waals surface area (Å²) in [7, 11) is 3.88. The Bertz CT molecular complexity index is 1560. The number of hydrogen-bond donors (Lipinski definition) is 0. The van der Waals surface area contributed by atoms with Crippen molar-refractivity contribution in [2.45, 2.75) is 32.1 Å². The summed E-state index contributed by atoms with van der Waals surface area (Å²) in [6.45, 7) is 9.19. The molecule has 0 radical (unpaired) electrons. The second-order valence-electron chi connectivity index (χ2n) is 11.2. The number of esters is 1. The van der Waals surface area contributed by atoms with Crippen LogP contribution < -0.4 is 19.3 Å². The zero-order chi connectivity index (χ0) is 31.6. The van der Waals surface area contributed by atoms with Crippen molar-refractivity contribution in [2.24, 2.45) is 0 Å². The van der Waals surface area contributed by atoms with Crippen molar-refractivity contribution in [3.63, 3.8) is 0 Å². The van der Waals surface area contributed by atoms with Gasteiger partial charge in [0.25, 0.3) is 0 Å². The number of fused-ring (bicyclic) bond motifs is 2. The van der Waals surface area contributed by atoms with Crippen molar-refractivity contribution in [2.75, 3.05) is 63.2 Å². The van der Waals surface area contributed by atoms with Gasteiger partial charge in [-0.3, -0.25) is 4.79 Å². The van der Waals surface area contributed by atoms with Crippen molar-refractivity contribution in [1.29, 1.82) is 0 Å². The minimum atomic E-state index is -5.12. The Kier molecular flexibility index (Phi) is 8.95. The number of hydrogen-bond acceptors (Lipinski definition) is 9. The van der Waals surface area contributed by atoms with E-state index in [4.69, 9.17) is 19.4 Å². The van der Waals surface area contributed by atoms with Gasteiger partial charge >= 0.3 is 18.2 Å². The highest BCUT2D eigenvalue weighted by Gasteiger charge is 2.41. The zero-order valence-electron chi connectivity index (χ0n) is 24.9. The van der Waals surface area contributed by atoms with Gasteiger partial charge in [-0.05, 0) is 45.0 Å². The molecule has 3 aromatic rings. The lowest BCUT2D eigenvalue weighted by Gasteiger charge is -2.40. The number of likely N-dealkylation sites (N-methyl/N-ethyl adjacent to an activating group) is 1. The van der Waals surface area contributed by atoms with Crippen LogP contribution in [0.15, 0.2) is 49.1 Å². The minimum absolute atomic E-state index is 0.106. The number of anilines is 2. The number of halogens is 3. The summed E-state index contributed by atoms with van der Waals surface area (Å²) in [5, 5.41) is 1.44. The standard InChI is InChI=1S/C31H35F3N6O4/c1-5-27(41)38-10-12-39(13-11-38)28-24-16-20(2)40(19-25(24)35-30(36-28)43-15-14-37(3)4)26-18-22(44-29(42)31(32,33)34)17-21-8-6-7-9-23(21)26/h5-9,17-18,20H,1,10-16,19H2,2-4H3. The largest absolute Gasteiger partial charge is 0.491 e. The average molecular weight is 613 g/mol. The molecule has 1 saturated heterocycles. The van der Waals surface area contributed by atoms with E-state index in [0.717, 1.165) is 22.5 Å². The number of benzene rings is 2. The molecule has 10 nitrogen and oxygen atoms in total. The Morgan fingerprint density at radius 2 is 1.84 bits per heavy atom. The molecule has 1 atom stereocenters. The number of alkyl halides is 3. The monoisotopic (exact) mass is 612 g/mol. The first-order valence-electron chi connectivity index (χ1n) is 14.4. The third-order valence-corrected chi connectivity index (χ3v) is 7.80. The van der Waals surface area contributed by atoms with Crippen LogP contribution in [0.5, 0.6) is 11.8 Å². The highest BCUT2D eigenvalue weighted by molar-refractivity contribution is 5.96. The molecular formula is C31H35F3N6O4. The Balaban J connectivity index is 1.51. The van der Waals surface area contributed by atoms with Crippen LogP contribution in [0.4, 0.5) is 24.7 Å². The van der Waals surface area contributed by atoms with Crippen molar-refractivity contribution in [3.8, 4) is 11.8 Å². The summed E-state index contributed by atoms with van der Waals surface area (Å²) in [6, 6.07) is 10.3. The molecule has 0 saturated carbocycles. The second kappa shape index (κ2) is 12.7. The molecule has 13 heteroatoms. The Morgan fingerprint density at radius 3 is 2.52 bits per heavy atom. The fraction of sp³-hybridized carbons (Fsp3) is 0.419. The maximum absolute atomic E-state index is 13.0. The number of rotatable bonds is 8. The number of amides is 1. The molecule has 44 heavy (non-hydrogen) atoms. The number of nitrogens with zero attached hydrogens (tertiary/aromatic N) is 6. The van der Waals surface area contributed by atoms with E-state index in [0.29, 0.717) is 63.4 Å². The maximum atomic E-state index is 13.0. The molecule has 0 aliphatic carbocycles. The Labute approximate surface area is 253 Å². The third-order valence-electron chi connectivity index (χ3n) is 7.80. The van der Waals surface area contributed by atoms with Crippen LogP contribution in [0.25, 0.3) is 10.8 Å². The van der Waals surface area contributed by atoms with E-state index in [9.17, 15) is 22.8 Å². The van der Waals surface area contributed by atoms with E-state index in [1.165, 1.54) is 18.2 Å². The van der Waals surface area contributed by atoms with E-state index >= 15 is 0 Å². The Hall–Kier alpha value is -4.39. The van der Waals surface area contributed by atoms with Gasteiger partial charge in [-0.2, -0.15) is 23.1 Å². The lowest BCUT2D eigenvalue weighted by molar-refractivity contribution is -0.189. The van der Waals surface area contributed by atoms with E-state index < -0.39 is 12.1 Å². The molecule has 2 aromatic carbocycles. The normalized spacial score (nSPS) is 17.1. The van der Waals surface area contributed by atoms with Gasteiger partial charge in [-0.15, -0.1) is 0 Å². The number of ether oxygens (including phenoxy) is 2. The molecule has 3 heterocycles. The second-order valence-corrected chi connectivity index (χ2v) is 11.2. The number of carbonyl (C=O) groups excluding carboxylic acids is 2. The van der Waals surface area contributed by atoms with Crippen molar-refractivity contribution in [3.05, 3.63) is 60.3 Å². The van der Waals surface area contributed by atoms with Gasteiger partial charge in [-0.1, -0.05) is 30.8 Å². The molecule has 1 unspecified atom stereocenters. The lowest BCUT2D eigenvalue weighted by Crippen LogP contribution is -2.49. The van der Waals surface area contributed by atoms with Crippen LogP contribution in [-0.2, 0) is 22.6 Å². The molecule has 0 spiro atoms. The molecule has 5 rings (SSSR count). The quantitative estimate of drug-likeness (QED) is 0.214. The van der Waals surface area contributed by atoms with Gasteiger partial charge in [-0.25, -0.2) is 4.79 Å². The zero-order valence-corrected chi connectivity index (χ0v) is 24.9. The van der Waals surface area contributed by atoms with Gasteiger partial charge < -0.3 is 29.1 Å². The number of piperazine rings is 1. The minimum Gasteiger partial charge on any atom is -0.462 e. The van der Waals surface area contributed by atoms with Gasteiger partial charge in [0.1, 0.15) is 18.2 Å². The van der Waals surface area contributed by atoms with E-state index in [-0.39, 0.29) is 23.7 Å². The first kappa shape index (κ1) is 31.0. The molecule has 234 valence electrons. The van der Waals surface area contributed by atoms with Crippen LogP contribution >= 0.6 is 0 Å². The fourth-order valence-electron chi connectivity index (χ4n) is 5.52. The maximum Gasteiger partial charge on any atom is 0.491 e. The number of aromatic nitrogens is 2. The van der Waals surface area contributed by atoms with Gasteiger partial charge in [0.2, 0.25) is 5.91 Å². The predicted molar refractivity (Wildman–Crippen MR) is 160 cm³/mol. The van der Waals surface area contributed by atoms with E-state index in [2.05, 4.69) is 16.4 Å². The summed E-state index contributed by atoms with van der Waals surface area (Å²) in [5.41, 5.74) is 2.32. The third kappa shape index (κ3) is 6.72. The molecule has 0 bridgehead atoms. The molecule has 1 fully saturated rings. The van der Waals surface area contributed by atoms with E-state index in [1.54, 1.807) is 17.0 Å². The highest BCUT2D eigenvalue weighted by Crippen LogP contribution is 2.39. The number of carbonyl (C=O) groups is 2. The molecule has 2 aliphatic heterocycles. The highest BCUT2D eigenvalue weighted by atomic mass is 19.4. The summed E-state index contributed by atoms with van der Waals surface area (Å²) in [5.74, 6) is -1.82. The predicted octanol–water partition coefficient (Wildman–Crippen LogP) is 3.82. The van der Waals surface area contributed by atoms with Crippen molar-refractivity contribution >= 4 is 34.2 Å². The van der Waals surface area contributed by atoms with Crippen LogP contribution in [0, 0.1) is 0 Å². The molecular weight excluding hydrogens is 577 g/mol. The molecule has 2 aliphatic rings. The fourth-order valence-corrected chi connectivity index (χ4v) is 5.52. The first-order valence-corrected chi connectivity index (χ1v) is 14.4. The van der Waals surface area contributed by atoms with Crippen LogP contribution in [-0.4, -0.2) is 97.3 Å². The summed E-state index contributed by atoms with van der Waals surface area (Å²) in [6.07, 6.45) is -3.25. The van der Waals surface area contributed by atoms with Crippen LogP contribution in [0.1, 0.15) is 18.2 Å². The van der Waals surface area contributed by atoms with Crippen molar-refractivity contribution in [1.82, 2.24) is 19.8 Å². The summed E-state index contributed by atoms with van der Waals surface area (Å²) in [4.78, 5) is 41.4. The van der Waals surface area contributed by atoms with Gasteiger partial charge in [0.15, 0.2) is 0 Å². The van der Waals surface area contributed by atoms with Gasteiger partial charge in [0.05, 0.1) is 12.2 Å². The smallest absolute Gasteiger partial charge is 0.462 e. The lowest BCUT2D eigenvalue weighted by atomic mass is 9.96. The van der Waals surface area contributed by atoms with Crippen molar-refractivity contribution < 1.29 is 32.2 Å². The van der Waals surface area contributed by atoms with Gasteiger partial charge in [0, 0.05) is 61.5 Å². The topological polar surface area (TPSA) is 91.3 Å². The molecule has 1 aromatic heterocycles. The van der Waals surface area contributed by atoms with Crippen LogP contribution in [0.3, 0.4) is 0 Å². The molecule has 0 N–H and O–H groups in total. The molecule has 1 amide bonds. The summed E-state index contributed by atoms with van der Waals surface area (Å²) < 4.78 is 49.8. The first-order chi connectivity index (χ1) is 20.9. The van der Waals surface area contributed by atoms with E-state index in [1.807, 2.05) is 38.1 Å². The SMILES string of the molecule is C=CC(=O)N1CCN(c2nc(OCCN(C)C)nc3c2CC(C)N(c2cc(OC(=O)C(F)(F)F)cc4ccccc24)C3)CC1.